The zero-order chi connectivity index (χ0) is 16.4. The van der Waals surface area contributed by atoms with Crippen LogP contribution in [0, 0.1) is 5.82 Å². The van der Waals surface area contributed by atoms with Gasteiger partial charge in [-0.1, -0.05) is 0 Å². The van der Waals surface area contributed by atoms with Gasteiger partial charge in [0.05, 0.1) is 23.3 Å². The van der Waals surface area contributed by atoms with Gasteiger partial charge >= 0.3 is 5.97 Å². The van der Waals surface area contributed by atoms with E-state index in [2.05, 4.69) is 21.9 Å². The average Bonchev–Trinajstić information content (AvgIpc) is 2.88. The van der Waals surface area contributed by atoms with Crippen molar-refractivity contribution in [3.63, 3.8) is 0 Å². The number of likely N-dealkylation sites (N-methyl/N-ethyl adjacent to an activating group) is 1. The van der Waals surface area contributed by atoms with Gasteiger partial charge < -0.3 is 19.5 Å². The number of H-pyrrole nitrogens is 1. The maximum Gasteiger partial charge on any atom is 0.313 e. The van der Waals surface area contributed by atoms with E-state index < -0.39 is 0 Å². The van der Waals surface area contributed by atoms with Crippen molar-refractivity contribution in [2.45, 2.75) is 13.3 Å². The quantitative estimate of drug-likeness (QED) is 0.866. The molecule has 3 rings (SSSR count). The first-order valence-corrected chi connectivity index (χ1v) is 7.84. The molecule has 0 atom stereocenters. The number of carbonyl (C=O) groups is 1. The van der Waals surface area contributed by atoms with E-state index in [0.717, 1.165) is 31.7 Å². The van der Waals surface area contributed by atoms with Gasteiger partial charge in [-0.05, 0) is 20.0 Å². The molecule has 1 aromatic heterocycles. The van der Waals surface area contributed by atoms with Gasteiger partial charge in [0.1, 0.15) is 18.1 Å². The molecule has 0 unspecified atom stereocenters. The number of nitrogens with zero attached hydrogens (tertiary/aromatic N) is 3. The molecule has 6 nitrogen and oxygen atoms in total. The molecule has 0 spiro atoms. The molecule has 1 aliphatic rings. The lowest BCUT2D eigenvalue weighted by Gasteiger charge is -2.34. The third kappa shape index (κ3) is 3.44. The Morgan fingerprint density at radius 1 is 1.35 bits per heavy atom. The van der Waals surface area contributed by atoms with Crippen LogP contribution in [-0.4, -0.2) is 60.7 Å². The summed E-state index contributed by atoms with van der Waals surface area (Å²) >= 11 is 0. The van der Waals surface area contributed by atoms with Crippen molar-refractivity contribution in [1.29, 1.82) is 0 Å². The van der Waals surface area contributed by atoms with Crippen molar-refractivity contribution >= 4 is 22.7 Å². The number of imidazole rings is 1. The van der Waals surface area contributed by atoms with Crippen molar-refractivity contribution in [2.75, 3.05) is 44.7 Å². The molecule has 1 N–H and O–H groups in total. The summed E-state index contributed by atoms with van der Waals surface area (Å²) in [4.78, 5) is 23.2. The zero-order valence-electron chi connectivity index (χ0n) is 13.4. The second kappa shape index (κ2) is 6.54. The number of rotatable bonds is 4. The third-order valence-electron chi connectivity index (χ3n) is 4.06. The molecule has 2 aromatic rings. The third-order valence-corrected chi connectivity index (χ3v) is 4.06. The first-order chi connectivity index (χ1) is 11.1. The molecule has 1 aliphatic heterocycles. The van der Waals surface area contributed by atoms with Crippen LogP contribution in [0.4, 0.5) is 10.1 Å². The Bertz CT molecular complexity index is 707. The number of piperazine rings is 1. The van der Waals surface area contributed by atoms with Crippen LogP contribution in [0.25, 0.3) is 11.0 Å². The van der Waals surface area contributed by atoms with E-state index >= 15 is 0 Å². The molecule has 2 heterocycles. The Kier molecular flexibility index (Phi) is 4.47. The summed E-state index contributed by atoms with van der Waals surface area (Å²) in [5, 5.41) is 0. The zero-order valence-corrected chi connectivity index (χ0v) is 13.4. The van der Waals surface area contributed by atoms with Gasteiger partial charge in [-0.15, -0.1) is 0 Å². The molecule has 1 aromatic carbocycles. The van der Waals surface area contributed by atoms with E-state index in [1.165, 1.54) is 6.07 Å². The Morgan fingerprint density at radius 2 is 2.09 bits per heavy atom. The highest BCUT2D eigenvalue weighted by molar-refractivity contribution is 5.81. The number of anilines is 1. The van der Waals surface area contributed by atoms with Gasteiger partial charge in [0.25, 0.3) is 0 Å². The van der Waals surface area contributed by atoms with Crippen molar-refractivity contribution in [3.05, 3.63) is 23.8 Å². The predicted octanol–water partition coefficient (Wildman–Crippen LogP) is 1.56. The van der Waals surface area contributed by atoms with Gasteiger partial charge in [0.15, 0.2) is 0 Å². The summed E-state index contributed by atoms with van der Waals surface area (Å²) in [6.07, 6.45) is 0.0635. The van der Waals surface area contributed by atoms with Crippen LogP contribution in [0.2, 0.25) is 0 Å². The lowest BCUT2D eigenvalue weighted by molar-refractivity contribution is -0.142. The van der Waals surface area contributed by atoms with Gasteiger partial charge in [-0.25, -0.2) is 9.37 Å². The second-order valence-electron chi connectivity index (χ2n) is 5.78. The standard InChI is InChI=1S/C16H21FN4O2/c1-3-23-16(22)10-15-18-12-8-11(17)14(9-13(12)19-15)21-6-4-20(2)5-7-21/h8-9H,3-7,10H2,1-2H3,(H,18,19). The van der Waals surface area contributed by atoms with E-state index in [4.69, 9.17) is 4.74 Å². The van der Waals surface area contributed by atoms with E-state index in [1.54, 1.807) is 13.0 Å². The second-order valence-corrected chi connectivity index (χ2v) is 5.78. The maximum absolute atomic E-state index is 14.4. The number of ether oxygens (including phenoxy) is 1. The smallest absolute Gasteiger partial charge is 0.313 e. The van der Waals surface area contributed by atoms with Crippen molar-refractivity contribution in [1.82, 2.24) is 14.9 Å². The SMILES string of the molecule is CCOC(=O)Cc1nc2cc(F)c(N3CCN(C)CC3)cc2[nH]1. The number of hydrogen-bond donors (Lipinski definition) is 1. The molecule has 0 aliphatic carbocycles. The summed E-state index contributed by atoms with van der Waals surface area (Å²) in [5.41, 5.74) is 1.84. The predicted molar refractivity (Wildman–Crippen MR) is 86.1 cm³/mol. The minimum Gasteiger partial charge on any atom is -0.466 e. The number of hydrogen-bond acceptors (Lipinski definition) is 5. The van der Waals surface area contributed by atoms with Crippen molar-refractivity contribution in [3.8, 4) is 0 Å². The highest BCUT2D eigenvalue weighted by atomic mass is 19.1. The van der Waals surface area contributed by atoms with Crippen LogP contribution in [0.1, 0.15) is 12.7 Å². The molecule has 0 amide bonds. The molecule has 1 fully saturated rings. The Morgan fingerprint density at radius 3 is 2.78 bits per heavy atom. The summed E-state index contributed by atoms with van der Waals surface area (Å²) in [5.74, 6) is -0.129. The van der Waals surface area contributed by atoms with Crippen LogP contribution < -0.4 is 4.90 Å². The first kappa shape index (κ1) is 15.7. The number of fused-ring (bicyclic) bond motifs is 1. The highest BCUT2D eigenvalue weighted by Crippen LogP contribution is 2.26. The fourth-order valence-corrected chi connectivity index (χ4v) is 2.79. The number of aromatic amines is 1. The Balaban J connectivity index is 1.84. The Hall–Kier alpha value is -2.15. The average molecular weight is 320 g/mol. The van der Waals surface area contributed by atoms with Crippen LogP contribution in [0.15, 0.2) is 12.1 Å². The molecular weight excluding hydrogens is 299 g/mol. The highest BCUT2D eigenvalue weighted by Gasteiger charge is 2.19. The monoisotopic (exact) mass is 320 g/mol. The van der Waals surface area contributed by atoms with E-state index in [1.807, 2.05) is 4.90 Å². The molecule has 23 heavy (non-hydrogen) atoms. The maximum atomic E-state index is 14.4. The van der Waals surface area contributed by atoms with Gasteiger partial charge in [0, 0.05) is 32.2 Å². The van der Waals surface area contributed by atoms with E-state index in [0.29, 0.717) is 23.6 Å². The Labute approximate surface area is 134 Å². The number of aromatic nitrogens is 2. The number of esters is 1. The normalized spacial score (nSPS) is 16.0. The molecule has 0 saturated carbocycles. The summed E-state index contributed by atoms with van der Waals surface area (Å²) in [7, 11) is 2.06. The fourth-order valence-electron chi connectivity index (χ4n) is 2.79. The van der Waals surface area contributed by atoms with Crippen LogP contribution in [0.3, 0.4) is 0 Å². The molecule has 0 radical (unpaired) electrons. The molecule has 7 heteroatoms. The van der Waals surface area contributed by atoms with Crippen molar-refractivity contribution in [2.24, 2.45) is 0 Å². The summed E-state index contributed by atoms with van der Waals surface area (Å²) in [6, 6.07) is 3.20. The van der Waals surface area contributed by atoms with Crippen LogP contribution in [0.5, 0.6) is 0 Å². The van der Waals surface area contributed by atoms with Gasteiger partial charge in [-0.3, -0.25) is 4.79 Å². The van der Waals surface area contributed by atoms with Crippen LogP contribution >= 0.6 is 0 Å². The molecule has 124 valence electrons. The number of benzene rings is 1. The van der Waals surface area contributed by atoms with Crippen LogP contribution in [-0.2, 0) is 16.0 Å². The largest absolute Gasteiger partial charge is 0.466 e. The summed E-state index contributed by atoms with van der Waals surface area (Å²) < 4.78 is 19.3. The van der Waals surface area contributed by atoms with Gasteiger partial charge in [0.2, 0.25) is 0 Å². The minimum atomic E-state index is -0.341. The van der Waals surface area contributed by atoms with Crippen molar-refractivity contribution < 1.29 is 13.9 Å². The lowest BCUT2D eigenvalue weighted by Crippen LogP contribution is -2.44. The van der Waals surface area contributed by atoms with E-state index in [9.17, 15) is 9.18 Å². The topological polar surface area (TPSA) is 61.5 Å². The first-order valence-electron chi connectivity index (χ1n) is 7.84. The lowest BCUT2D eigenvalue weighted by atomic mass is 10.2. The number of halogens is 1. The minimum absolute atomic E-state index is 0.0635. The summed E-state index contributed by atoms with van der Waals surface area (Å²) in [6.45, 7) is 5.50. The number of carbonyl (C=O) groups excluding carboxylic acids is 1. The van der Waals surface area contributed by atoms with E-state index in [-0.39, 0.29) is 18.2 Å². The fraction of sp³-hybridized carbons (Fsp3) is 0.500. The van der Waals surface area contributed by atoms with Gasteiger partial charge in [-0.2, -0.15) is 0 Å². The molecule has 1 saturated heterocycles. The molecule has 0 bridgehead atoms. The number of nitrogens with one attached hydrogen (secondary N) is 1. The molecular formula is C16H21FN4O2.